The van der Waals surface area contributed by atoms with E-state index in [1.54, 1.807) is 52.2 Å². The van der Waals surface area contributed by atoms with Crippen molar-refractivity contribution in [1.82, 2.24) is 4.90 Å². The van der Waals surface area contributed by atoms with E-state index < -0.39 is 11.9 Å². The molecule has 0 heterocycles. The summed E-state index contributed by atoms with van der Waals surface area (Å²) in [5.41, 5.74) is 9.98. The zero-order valence-corrected chi connectivity index (χ0v) is 16.4. The molecule has 10 nitrogen and oxygen atoms in total. The van der Waals surface area contributed by atoms with Gasteiger partial charge in [-0.15, -0.1) is 0 Å². The Bertz CT molecular complexity index is 629. The minimum absolute atomic E-state index is 0.0509. The molecule has 0 radical (unpaired) electrons. The highest BCUT2D eigenvalue weighted by Gasteiger charge is 1.99. The molecule has 152 valence electrons. The Morgan fingerprint density at radius 3 is 1.93 bits per heavy atom. The molecule has 1 aromatic rings. The summed E-state index contributed by atoms with van der Waals surface area (Å²) in [5, 5.41) is 23.9. The maximum atomic E-state index is 10.1. The van der Waals surface area contributed by atoms with Gasteiger partial charge in [-0.2, -0.15) is 4.99 Å². The lowest BCUT2D eigenvalue weighted by Gasteiger charge is -2.07. The number of benzene rings is 1. The van der Waals surface area contributed by atoms with Crippen LogP contribution >= 0.6 is 11.6 Å². The van der Waals surface area contributed by atoms with E-state index in [9.17, 15) is 9.59 Å². The molecule has 1 aromatic carbocycles. The minimum Gasteiger partial charge on any atom is -0.482 e. The highest BCUT2D eigenvalue weighted by molar-refractivity contribution is 6.30. The minimum atomic E-state index is -0.995. The monoisotopic (exact) mass is 403 g/mol. The quantitative estimate of drug-likeness (QED) is 0.369. The molecule has 0 aliphatic carbocycles. The maximum absolute atomic E-state index is 10.1. The van der Waals surface area contributed by atoms with Crippen molar-refractivity contribution >= 4 is 35.5 Å². The van der Waals surface area contributed by atoms with E-state index in [4.69, 9.17) is 43.4 Å². The molecule has 11 heteroatoms. The second-order valence-electron chi connectivity index (χ2n) is 5.38. The Kier molecular flexibility index (Phi) is 13.8. The molecule has 7 N–H and O–H groups in total. The predicted molar refractivity (Wildman–Crippen MR) is 104 cm³/mol. The number of nitrogens with two attached hydrogens (primary N) is 2. The average molecular weight is 404 g/mol. The number of nitrogens with zero attached hydrogens (tertiary/aromatic N) is 2. The second kappa shape index (κ2) is 14.2. The zero-order chi connectivity index (χ0) is 21.6. The SMILES string of the molecule is CC(C)C(=O)O.CN(C)C(=N)N=C(N)N.O=C(O)COc1ccc(Cl)cc1. The summed E-state index contributed by atoms with van der Waals surface area (Å²) in [7, 11) is 3.38. The predicted octanol–water partition coefficient (Wildman–Crippen LogP) is 1.29. The molecule has 0 saturated heterocycles. The highest BCUT2D eigenvalue weighted by Crippen LogP contribution is 2.15. The molecule has 0 fully saturated rings. The number of carboxylic acids is 2. The van der Waals surface area contributed by atoms with E-state index in [2.05, 4.69) is 4.99 Å². The van der Waals surface area contributed by atoms with Crippen LogP contribution in [0.15, 0.2) is 29.3 Å². The Morgan fingerprint density at radius 2 is 1.67 bits per heavy atom. The number of carbonyl (C=O) groups is 2. The number of aliphatic carboxylic acids is 2. The Morgan fingerprint density at radius 1 is 1.22 bits per heavy atom. The molecule has 0 atom stereocenters. The van der Waals surface area contributed by atoms with Crippen LogP contribution < -0.4 is 16.2 Å². The van der Waals surface area contributed by atoms with Gasteiger partial charge in [0.2, 0.25) is 5.96 Å². The summed E-state index contributed by atoms with van der Waals surface area (Å²) in [6, 6.07) is 6.51. The van der Waals surface area contributed by atoms with Crippen molar-refractivity contribution in [1.29, 1.82) is 5.41 Å². The number of carboxylic acid groups (broad SMARTS) is 2. The molecular weight excluding hydrogens is 378 g/mol. The van der Waals surface area contributed by atoms with Crippen molar-refractivity contribution in [2.45, 2.75) is 13.8 Å². The van der Waals surface area contributed by atoms with Crippen molar-refractivity contribution in [3.05, 3.63) is 29.3 Å². The molecule has 0 aromatic heterocycles. The zero-order valence-electron chi connectivity index (χ0n) is 15.6. The van der Waals surface area contributed by atoms with Crippen LogP contribution in [0, 0.1) is 11.3 Å². The van der Waals surface area contributed by atoms with E-state index in [1.807, 2.05) is 0 Å². The lowest BCUT2D eigenvalue weighted by Crippen LogP contribution is -2.28. The number of ether oxygens (including phenoxy) is 1. The van der Waals surface area contributed by atoms with Gasteiger partial charge in [0.25, 0.3) is 0 Å². The van der Waals surface area contributed by atoms with Crippen LogP contribution in [0.1, 0.15) is 13.8 Å². The van der Waals surface area contributed by atoms with E-state index in [0.717, 1.165) is 0 Å². The second-order valence-corrected chi connectivity index (χ2v) is 5.82. The number of guanidine groups is 2. The first-order valence-electron chi connectivity index (χ1n) is 7.55. The molecule has 0 bridgehead atoms. The molecule has 0 aliphatic rings. The first-order valence-corrected chi connectivity index (χ1v) is 7.93. The Labute approximate surface area is 162 Å². The van der Waals surface area contributed by atoms with Gasteiger partial charge in [-0.3, -0.25) is 10.2 Å². The fourth-order valence-corrected chi connectivity index (χ4v) is 1.02. The van der Waals surface area contributed by atoms with Gasteiger partial charge in [0, 0.05) is 19.1 Å². The smallest absolute Gasteiger partial charge is 0.341 e. The van der Waals surface area contributed by atoms with Crippen molar-refractivity contribution in [3.63, 3.8) is 0 Å². The summed E-state index contributed by atoms with van der Waals surface area (Å²) >= 11 is 5.60. The van der Waals surface area contributed by atoms with Crippen molar-refractivity contribution in [3.8, 4) is 5.75 Å². The summed E-state index contributed by atoms with van der Waals surface area (Å²) in [4.78, 5) is 24.7. The summed E-state index contributed by atoms with van der Waals surface area (Å²) in [6.45, 7) is 2.95. The summed E-state index contributed by atoms with van der Waals surface area (Å²) in [5.74, 6) is -1.50. The lowest BCUT2D eigenvalue weighted by molar-refractivity contribution is -0.141. The van der Waals surface area contributed by atoms with Gasteiger partial charge >= 0.3 is 11.9 Å². The third-order valence-corrected chi connectivity index (χ3v) is 2.58. The van der Waals surface area contributed by atoms with Gasteiger partial charge < -0.3 is 31.3 Å². The molecule has 1 rings (SSSR count). The van der Waals surface area contributed by atoms with E-state index in [1.165, 1.54) is 4.90 Å². The lowest BCUT2D eigenvalue weighted by atomic mass is 10.2. The first kappa shape index (κ1) is 26.2. The fraction of sp³-hybridized carbons (Fsp3) is 0.375. The van der Waals surface area contributed by atoms with Crippen molar-refractivity contribution < 1.29 is 24.5 Å². The molecule has 0 unspecified atom stereocenters. The molecule has 0 amide bonds. The molecular formula is C16H26ClN5O5. The van der Waals surface area contributed by atoms with Crippen LogP contribution in [0.5, 0.6) is 5.75 Å². The van der Waals surface area contributed by atoms with Crippen molar-refractivity contribution in [2.24, 2.45) is 22.4 Å². The molecule has 0 spiro atoms. The normalized spacial score (nSPS) is 8.96. The summed E-state index contributed by atoms with van der Waals surface area (Å²) in [6.07, 6.45) is 0. The number of hydrogen-bond acceptors (Lipinski definition) is 4. The molecule has 27 heavy (non-hydrogen) atoms. The molecule has 0 aliphatic heterocycles. The van der Waals surface area contributed by atoms with Gasteiger partial charge in [0.15, 0.2) is 12.6 Å². The van der Waals surface area contributed by atoms with Crippen LogP contribution in [0.3, 0.4) is 0 Å². The van der Waals surface area contributed by atoms with Crippen LogP contribution in [-0.4, -0.2) is 59.7 Å². The van der Waals surface area contributed by atoms with Crippen LogP contribution in [0.25, 0.3) is 0 Å². The van der Waals surface area contributed by atoms with E-state index >= 15 is 0 Å². The van der Waals surface area contributed by atoms with Crippen molar-refractivity contribution in [2.75, 3.05) is 20.7 Å². The number of halogens is 1. The molecule has 0 saturated carbocycles. The standard InChI is InChI=1S/C8H7ClO3.C4H11N5.C4H8O2/c9-6-1-3-7(4-2-6)12-5-8(10)11;1-9(2)4(7)8-3(5)6;1-3(2)4(5)6/h1-4H,5H2,(H,10,11);1-2H3,(H5,5,6,7,8);3H,1-2H3,(H,5,6). The Hall–Kier alpha value is -3.01. The van der Waals surface area contributed by atoms with Crippen LogP contribution in [-0.2, 0) is 9.59 Å². The Balaban J connectivity index is 0. The van der Waals surface area contributed by atoms with E-state index in [-0.39, 0.29) is 24.4 Å². The van der Waals surface area contributed by atoms with E-state index in [0.29, 0.717) is 10.8 Å². The van der Waals surface area contributed by atoms with Gasteiger partial charge in [-0.05, 0) is 24.3 Å². The van der Waals surface area contributed by atoms with Gasteiger partial charge in [-0.25, -0.2) is 4.79 Å². The van der Waals surface area contributed by atoms with Crippen LogP contribution in [0.2, 0.25) is 5.02 Å². The first-order chi connectivity index (χ1) is 12.4. The number of aliphatic imine (C=N–C) groups is 1. The fourth-order valence-electron chi connectivity index (χ4n) is 0.898. The number of nitrogens with one attached hydrogen (secondary N) is 1. The topological polar surface area (TPSA) is 175 Å². The van der Waals surface area contributed by atoms with Gasteiger partial charge in [-0.1, -0.05) is 25.4 Å². The van der Waals surface area contributed by atoms with Gasteiger partial charge in [0.05, 0.1) is 5.92 Å². The third kappa shape index (κ3) is 17.6. The average Bonchev–Trinajstić information content (AvgIpc) is 2.54. The number of hydrogen-bond donors (Lipinski definition) is 5. The maximum Gasteiger partial charge on any atom is 0.341 e. The highest BCUT2D eigenvalue weighted by atomic mass is 35.5. The summed E-state index contributed by atoms with van der Waals surface area (Å²) < 4.78 is 4.86. The van der Waals surface area contributed by atoms with Crippen LogP contribution in [0.4, 0.5) is 0 Å². The van der Waals surface area contributed by atoms with Gasteiger partial charge in [0.1, 0.15) is 5.75 Å². The third-order valence-electron chi connectivity index (χ3n) is 2.33. The number of rotatable bonds is 4. The largest absolute Gasteiger partial charge is 0.482 e.